The molecule has 1 heterocycles. The first kappa shape index (κ1) is 12.8. The third-order valence-corrected chi connectivity index (χ3v) is 3.81. The maximum atomic E-state index is 12.3. The lowest BCUT2D eigenvalue weighted by atomic mass is 9.93. The fourth-order valence-electron chi connectivity index (χ4n) is 2.06. The molecule has 0 spiro atoms. The largest absolute Gasteiger partial charge is 0.441 e. The molecule has 0 aliphatic carbocycles. The van der Waals surface area contributed by atoms with Crippen LogP contribution in [0.5, 0.6) is 0 Å². The molecule has 1 unspecified atom stereocenters. The van der Waals surface area contributed by atoms with Crippen molar-refractivity contribution >= 4 is 11.8 Å². The van der Waals surface area contributed by atoms with Crippen LogP contribution < -0.4 is 0 Å². The number of rotatable bonds is 3. The normalized spacial score (nSPS) is 25.1. The molecule has 1 aromatic carbocycles. The molecule has 0 aromatic heterocycles. The highest BCUT2D eigenvalue weighted by molar-refractivity contribution is 8.00. The Bertz CT molecular complexity index is 358. The van der Waals surface area contributed by atoms with Gasteiger partial charge in [0.1, 0.15) is 5.60 Å². The minimum absolute atomic E-state index is 0.000485. The van der Waals surface area contributed by atoms with E-state index in [1.807, 2.05) is 30.3 Å². The second kappa shape index (κ2) is 4.90. The van der Waals surface area contributed by atoms with Crippen LogP contribution in [0.1, 0.15) is 18.4 Å². The summed E-state index contributed by atoms with van der Waals surface area (Å²) >= 11 is -0.000485. The molecule has 1 aliphatic heterocycles. The molecule has 1 aromatic rings. The summed E-state index contributed by atoms with van der Waals surface area (Å²) in [5.41, 5.74) is -4.12. The first-order valence-corrected chi connectivity index (χ1v) is 6.41. The fraction of sp³-hybridized carbons (Fsp3) is 0.500. The van der Waals surface area contributed by atoms with Crippen LogP contribution >= 0.6 is 11.8 Å². The van der Waals surface area contributed by atoms with E-state index < -0.39 is 11.1 Å². The summed E-state index contributed by atoms with van der Waals surface area (Å²) in [5, 5.41) is 0. The highest BCUT2D eigenvalue weighted by atomic mass is 32.2. The van der Waals surface area contributed by atoms with Crippen molar-refractivity contribution in [3.63, 3.8) is 0 Å². The monoisotopic (exact) mass is 262 g/mol. The van der Waals surface area contributed by atoms with E-state index in [1.165, 1.54) is 0 Å². The number of alkyl halides is 3. The molecule has 1 nitrogen and oxygen atoms in total. The molecule has 0 radical (unpaired) electrons. The van der Waals surface area contributed by atoms with Crippen LogP contribution in [0.15, 0.2) is 30.3 Å². The van der Waals surface area contributed by atoms with Gasteiger partial charge in [0.15, 0.2) is 0 Å². The van der Waals surface area contributed by atoms with Gasteiger partial charge in [0.2, 0.25) is 0 Å². The Morgan fingerprint density at radius 1 is 1.24 bits per heavy atom. The number of halogens is 3. The van der Waals surface area contributed by atoms with Crippen LogP contribution in [0, 0.1) is 0 Å². The van der Waals surface area contributed by atoms with Crippen LogP contribution in [-0.2, 0) is 10.3 Å². The number of hydrogen-bond acceptors (Lipinski definition) is 2. The predicted octanol–water partition coefficient (Wildman–Crippen LogP) is 3.95. The van der Waals surface area contributed by atoms with Crippen LogP contribution in [0.25, 0.3) is 0 Å². The average molecular weight is 262 g/mol. The Kier molecular flexibility index (Phi) is 3.68. The summed E-state index contributed by atoms with van der Waals surface area (Å²) in [5.74, 6) is -0.0689. The zero-order valence-corrected chi connectivity index (χ0v) is 9.98. The van der Waals surface area contributed by atoms with Gasteiger partial charge in [0, 0.05) is 12.4 Å². The Hall–Kier alpha value is -0.680. The van der Waals surface area contributed by atoms with Crippen molar-refractivity contribution in [1.29, 1.82) is 0 Å². The SMILES string of the molecule is FC(F)(F)SCC1(c2ccccc2)CCCO1. The van der Waals surface area contributed by atoms with Crippen molar-refractivity contribution in [2.24, 2.45) is 0 Å². The van der Waals surface area contributed by atoms with Crippen molar-refractivity contribution in [2.75, 3.05) is 12.4 Å². The molecule has 1 aliphatic rings. The second-order valence-corrected chi connectivity index (χ2v) is 5.09. The van der Waals surface area contributed by atoms with Crippen LogP contribution in [-0.4, -0.2) is 17.9 Å². The van der Waals surface area contributed by atoms with Crippen LogP contribution in [0.4, 0.5) is 13.2 Å². The molecule has 0 N–H and O–H groups in total. The third-order valence-electron chi connectivity index (χ3n) is 2.87. The van der Waals surface area contributed by atoms with Crippen LogP contribution in [0.3, 0.4) is 0 Å². The van der Waals surface area contributed by atoms with E-state index in [4.69, 9.17) is 4.74 Å². The van der Waals surface area contributed by atoms with Gasteiger partial charge in [-0.25, -0.2) is 0 Å². The Labute approximate surface area is 102 Å². The molecule has 1 fully saturated rings. The van der Waals surface area contributed by atoms with Gasteiger partial charge in [0.25, 0.3) is 0 Å². The van der Waals surface area contributed by atoms with Gasteiger partial charge >= 0.3 is 5.51 Å². The van der Waals surface area contributed by atoms with Gasteiger partial charge in [-0.1, -0.05) is 30.3 Å². The lowest BCUT2D eigenvalue weighted by molar-refractivity contribution is -0.0360. The molecule has 94 valence electrons. The minimum Gasteiger partial charge on any atom is -0.369 e. The van der Waals surface area contributed by atoms with Gasteiger partial charge in [0.05, 0.1) is 0 Å². The first-order chi connectivity index (χ1) is 8.02. The van der Waals surface area contributed by atoms with Crippen molar-refractivity contribution < 1.29 is 17.9 Å². The maximum Gasteiger partial charge on any atom is 0.441 e. The van der Waals surface area contributed by atoms with E-state index in [-0.39, 0.29) is 17.5 Å². The van der Waals surface area contributed by atoms with Crippen molar-refractivity contribution in [3.8, 4) is 0 Å². The van der Waals surface area contributed by atoms with Crippen molar-refractivity contribution in [2.45, 2.75) is 24.0 Å². The van der Waals surface area contributed by atoms with E-state index in [0.717, 1.165) is 12.0 Å². The standard InChI is InChI=1S/C12H13F3OS/c13-12(14,15)17-9-11(7-4-8-16-11)10-5-2-1-3-6-10/h1-3,5-6H,4,7-9H2. The smallest absolute Gasteiger partial charge is 0.369 e. The Morgan fingerprint density at radius 3 is 2.47 bits per heavy atom. The Morgan fingerprint density at radius 2 is 1.94 bits per heavy atom. The van der Waals surface area contributed by atoms with Crippen molar-refractivity contribution in [1.82, 2.24) is 0 Å². The van der Waals surface area contributed by atoms with E-state index >= 15 is 0 Å². The number of thioether (sulfide) groups is 1. The molecule has 0 amide bonds. The summed E-state index contributed by atoms with van der Waals surface area (Å²) in [7, 11) is 0. The molecule has 1 atom stereocenters. The summed E-state index contributed by atoms with van der Waals surface area (Å²) in [4.78, 5) is 0. The third kappa shape index (κ3) is 3.16. The molecule has 1 saturated heterocycles. The first-order valence-electron chi connectivity index (χ1n) is 5.42. The second-order valence-electron chi connectivity index (χ2n) is 4.05. The Balaban J connectivity index is 2.16. The van der Waals surface area contributed by atoms with E-state index in [0.29, 0.717) is 13.0 Å². The van der Waals surface area contributed by atoms with Gasteiger partial charge in [-0.3, -0.25) is 0 Å². The number of hydrogen-bond donors (Lipinski definition) is 0. The summed E-state index contributed by atoms with van der Waals surface area (Å²) in [6, 6.07) is 9.18. The van der Waals surface area contributed by atoms with Crippen LogP contribution in [0.2, 0.25) is 0 Å². The van der Waals surface area contributed by atoms with Crippen molar-refractivity contribution in [3.05, 3.63) is 35.9 Å². The molecular formula is C12H13F3OS. The fourth-order valence-corrected chi connectivity index (χ4v) is 2.85. The molecule has 0 saturated carbocycles. The molecular weight excluding hydrogens is 249 g/mol. The zero-order valence-electron chi connectivity index (χ0n) is 9.17. The van der Waals surface area contributed by atoms with Gasteiger partial charge in [-0.15, -0.1) is 0 Å². The maximum absolute atomic E-state index is 12.3. The summed E-state index contributed by atoms with van der Waals surface area (Å²) < 4.78 is 42.5. The zero-order chi connectivity index (χ0) is 12.4. The number of benzene rings is 1. The van der Waals surface area contributed by atoms with E-state index in [9.17, 15) is 13.2 Å². The molecule has 2 rings (SSSR count). The highest BCUT2D eigenvalue weighted by Gasteiger charge is 2.41. The summed E-state index contributed by atoms with van der Waals surface area (Å²) in [6.45, 7) is 0.535. The summed E-state index contributed by atoms with van der Waals surface area (Å²) in [6.07, 6.45) is 1.47. The van der Waals surface area contributed by atoms with Gasteiger partial charge < -0.3 is 4.74 Å². The predicted molar refractivity (Wildman–Crippen MR) is 61.8 cm³/mol. The highest BCUT2D eigenvalue weighted by Crippen LogP contribution is 2.43. The minimum atomic E-state index is -4.20. The van der Waals surface area contributed by atoms with E-state index in [1.54, 1.807) is 0 Å². The molecule has 17 heavy (non-hydrogen) atoms. The average Bonchev–Trinajstić information content (AvgIpc) is 2.77. The van der Waals surface area contributed by atoms with Gasteiger partial charge in [-0.2, -0.15) is 13.2 Å². The topological polar surface area (TPSA) is 9.23 Å². The number of ether oxygens (including phenoxy) is 1. The van der Waals surface area contributed by atoms with E-state index in [2.05, 4.69) is 0 Å². The van der Waals surface area contributed by atoms with Gasteiger partial charge in [-0.05, 0) is 30.2 Å². The molecule has 0 bridgehead atoms. The lowest BCUT2D eigenvalue weighted by Gasteiger charge is -2.28. The lowest BCUT2D eigenvalue weighted by Crippen LogP contribution is -2.29. The molecule has 5 heteroatoms. The quantitative estimate of drug-likeness (QED) is 0.815.